The Morgan fingerprint density at radius 3 is 2.68 bits per heavy atom. The Bertz CT molecular complexity index is 354. The van der Waals surface area contributed by atoms with Gasteiger partial charge in [0.2, 0.25) is 0 Å². The van der Waals surface area contributed by atoms with Crippen LogP contribution in [0.15, 0.2) is 24.5 Å². The maximum atomic E-state index is 11.1. The van der Waals surface area contributed by atoms with Crippen LogP contribution in [0.2, 0.25) is 0 Å². The zero-order valence-electron chi connectivity index (χ0n) is 12.0. The van der Waals surface area contributed by atoms with Crippen LogP contribution in [0, 0.1) is 0 Å². The van der Waals surface area contributed by atoms with Crippen molar-refractivity contribution in [1.29, 1.82) is 0 Å². The van der Waals surface area contributed by atoms with E-state index < -0.39 is 0 Å². The average Bonchev–Trinajstić information content (AvgIpc) is 2.40. The van der Waals surface area contributed by atoms with Gasteiger partial charge in [-0.2, -0.15) is 0 Å². The second-order valence-corrected chi connectivity index (χ2v) is 4.71. The molecule has 0 aromatic carbocycles. The van der Waals surface area contributed by atoms with Crippen molar-refractivity contribution >= 4 is 5.97 Å². The smallest absolute Gasteiger partial charge is 0.305 e. The molecule has 1 aromatic heterocycles. The van der Waals surface area contributed by atoms with Crippen LogP contribution in [0.25, 0.3) is 0 Å². The van der Waals surface area contributed by atoms with Crippen LogP contribution in [-0.2, 0) is 16.1 Å². The number of ether oxygens (including phenoxy) is 1. The number of hydrogen-bond acceptors (Lipinski definition) is 4. The molecule has 4 heteroatoms. The van der Waals surface area contributed by atoms with Gasteiger partial charge < -0.3 is 9.64 Å². The number of unbranched alkanes of at least 4 members (excludes halogenated alkanes) is 2. The molecule has 0 saturated carbocycles. The lowest BCUT2D eigenvalue weighted by atomic mass is 10.2. The van der Waals surface area contributed by atoms with E-state index in [0.29, 0.717) is 13.0 Å². The number of rotatable bonds is 9. The SMILES string of the molecule is CCOC(=O)CCCCCN(C)Cc1ccncc1. The summed E-state index contributed by atoms with van der Waals surface area (Å²) in [7, 11) is 2.12. The molecule has 0 aliphatic rings. The third-order valence-electron chi connectivity index (χ3n) is 2.93. The van der Waals surface area contributed by atoms with Gasteiger partial charge in [0.25, 0.3) is 0 Å². The summed E-state index contributed by atoms with van der Waals surface area (Å²) < 4.78 is 4.89. The van der Waals surface area contributed by atoms with Crippen molar-refractivity contribution in [2.24, 2.45) is 0 Å². The van der Waals surface area contributed by atoms with Gasteiger partial charge in [0.1, 0.15) is 0 Å². The van der Waals surface area contributed by atoms with Crippen molar-refractivity contribution < 1.29 is 9.53 Å². The average molecular weight is 264 g/mol. The van der Waals surface area contributed by atoms with E-state index in [1.165, 1.54) is 5.56 Å². The molecule has 1 rings (SSSR count). The predicted molar refractivity (Wildman–Crippen MR) is 75.7 cm³/mol. The van der Waals surface area contributed by atoms with Crippen LogP contribution in [0.5, 0.6) is 0 Å². The molecule has 0 amide bonds. The molecule has 19 heavy (non-hydrogen) atoms. The molecule has 0 N–H and O–H groups in total. The highest BCUT2D eigenvalue weighted by Crippen LogP contribution is 2.05. The van der Waals surface area contributed by atoms with Gasteiger partial charge in [0, 0.05) is 25.4 Å². The first-order valence-electron chi connectivity index (χ1n) is 6.95. The summed E-state index contributed by atoms with van der Waals surface area (Å²) >= 11 is 0. The molecule has 0 bridgehead atoms. The second-order valence-electron chi connectivity index (χ2n) is 4.71. The molecule has 0 radical (unpaired) electrons. The molecule has 0 atom stereocenters. The van der Waals surface area contributed by atoms with Crippen molar-refractivity contribution in [1.82, 2.24) is 9.88 Å². The van der Waals surface area contributed by atoms with Gasteiger partial charge in [-0.1, -0.05) is 6.42 Å². The van der Waals surface area contributed by atoms with Gasteiger partial charge in [-0.15, -0.1) is 0 Å². The maximum absolute atomic E-state index is 11.1. The standard InChI is InChI=1S/C15H24N2O2/c1-3-19-15(18)7-5-4-6-12-17(2)13-14-8-10-16-11-9-14/h8-11H,3-7,12-13H2,1-2H3. The van der Waals surface area contributed by atoms with Crippen LogP contribution in [0.3, 0.4) is 0 Å². The summed E-state index contributed by atoms with van der Waals surface area (Å²) in [5, 5.41) is 0. The molecule has 0 aliphatic carbocycles. The number of carbonyl (C=O) groups is 1. The molecule has 1 heterocycles. The minimum absolute atomic E-state index is 0.0763. The summed E-state index contributed by atoms with van der Waals surface area (Å²) in [6.45, 7) is 4.31. The van der Waals surface area contributed by atoms with Crippen molar-refractivity contribution in [2.45, 2.75) is 39.2 Å². The van der Waals surface area contributed by atoms with Crippen molar-refractivity contribution in [3.05, 3.63) is 30.1 Å². The number of carbonyl (C=O) groups excluding carboxylic acids is 1. The Morgan fingerprint density at radius 2 is 2.00 bits per heavy atom. The van der Waals surface area contributed by atoms with Gasteiger partial charge in [0.15, 0.2) is 0 Å². The molecular formula is C15H24N2O2. The van der Waals surface area contributed by atoms with Crippen LogP contribution < -0.4 is 0 Å². The maximum Gasteiger partial charge on any atom is 0.305 e. The number of esters is 1. The third-order valence-corrected chi connectivity index (χ3v) is 2.93. The van der Waals surface area contributed by atoms with Crippen molar-refractivity contribution in [3.63, 3.8) is 0 Å². The lowest BCUT2D eigenvalue weighted by Gasteiger charge is -2.16. The Labute approximate surface area is 115 Å². The van der Waals surface area contributed by atoms with E-state index >= 15 is 0 Å². The van der Waals surface area contributed by atoms with E-state index in [9.17, 15) is 4.79 Å². The minimum Gasteiger partial charge on any atom is -0.466 e. The van der Waals surface area contributed by atoms with E-state index in [0.717, 1.165) is 32.4 Å². The Balaban J connectivity index is 2.04. The molecule has 4 nitrogen and oxygen atoms in total. The van der Waals surface area contributed by atoms with Crippen molar-refractivity contribution in [2.75, 3.05) is 20.2 Å². The first-order valence-corrected chi connectivity index (χ1v) is 6.95. The fourth-order valence-electron chi connectivity index (χ4n) is 1.94. The lowest BCUT2D eigenvalue weighted by Crippen LogP contribution is -2.19. The quantitative estimate of drug-likeness (QED) is 0.508. The Morgan fingerprint density at radius 1 is 1.26 bits per heavy atom. The lowest BCUT2D eigenvalue weighted by molar-refractivity contribution is -0.143. The van der Waals surface area contributed by atoms with Crippen LogP contribution in [-0.4, -0.2) is 36.1 Å². The number of pyridine rings is 1. The second kappa shape index (κ2) is 9.50. The Kier molecular flexibility index (Phi) is 7.82. The van der Waals surface area contributed by atoms with E-state index in [1.807, 2.05) is 31.5 Å². The van der Waals surface area contributed by atoms with Crippen LogP contribution in [0.1, 0.15) is 38.2 Å². The zero-order chi connectivity index (χ0) is 13.9. The van der Waals surface area contributed by atoms with E-state index in [4.69, 9.17) is 4.74 Å². The summed E-state index contributed by atoms with van der Waals surface area (Å²) in [4.78, 5) is 17.4. The third kappa shape index (κ3) is 7.57. The van der Waals surface area contributed by atoms with Gasteiger partial charge in [-0.3, -0.25) is 9.78 Å². The Hall–Kier alpha value is -1.42. The number of aromatic nitrogens is 1. The molecule has 0 aliphatic heterocycles. The largest absolute Gasteiger partial charge is 0.466 e. The summed E-state index contributed by atoms with van der Waals surface area (Å²) in [5.41, 5.74) is 1.28. The monoisotopic (exact) mass is 264 g/mol. The van der Waals surface area contributed by atoms with E-state index in [-0.39, 0.29) is 5.97 Å². The minimum atomic E-state index is -0.0763. The fourth-order valence-corrected chi connectivity index (χ4v) is 1.94. The molecule has 106 valence electrons. The van der Waals surface area contributed by atoms with Gasteiger partial charge >= 0.3 is 5.97 Å². The molecule has 0 spiro atoms. The van der Waals surface area contributed by atoms with E-state index in [2.05, 4.69) is 16.9 Å². The normalized spacial score (nSPS) is 10.7. The molecule has 0 unspecified atom stereocenters. The highest BCUT2D eigenvalue weighted by Gasteiger charge is 2.02. The van der Waals surface area contributed by atoms with Gasteiger partial charge in [-0.05, 0) is 51.1 Å². The first-order chi connectivity index (χ1) is 9.22. The molecule has 0 saturated heterocycles. The molecule has 1 aromatic rings. The van der Waals surface area contributed by atoms with Crippen molar-refractivity contribution in [3.8, 4) is 0 Å². The van der Waals surface area contributed by atoms with Crippen LogP contribution in [0.4, 0.5) is 0 Å². The van der Waals surface area contributed by atoms with Gasteiger partial charge in [0.05, 0.1) is 6.61 Å². The highest BCUT2D eigenvalue weighted by molar-refractivity contribution is 5.69. The highest BCUT2D eigenvalue weighted by atomic mass is 16.5. The molecule has 0 fully saturated rings. The number of hydrogen-bond donors (Lipinski definition) is 0. The topological polar surface area (TPSA) is 42.4 Å². The van der Waals surface area contributed by atoms with Crippen LogP contribution >= 0.6 is 0 Å². The summed E-state index contributed by atoms with van der Waals surface area (Å²) in [6, 6.07) is 4.08. The summed E-state index contributed by atoms with van der Waals surface area (Å²) in [5.74, 6) is -0.0763. The zero-order valence-corrected chi connectivity index (χ0v) is 12.0. The first kappa shape index (κ1) is 15.6. The van der Waals surface area contributed by atoms with E-state index in [1.54, 1.807) is 0 Å². The predicted octanol–water partition coefficient (Wildman–Crippen LogP) is 2.64. The number of nitrogens with zero attached hydrogens (tertiary/aromatic N) is 2. The molecular weight excluding hydrogens is 240 g/mol. The van der Waals surface area contributed by atoms with Gasteiger partial charge in [-0.25, -0.2) is 0 Å². The fraction of sp³-hybridized carbons (Fsp3) is 0.600. The summed E-state index contributed by atoms with van der Waals surface area (Å²) in [6.07, 6.45) is 7.29.